The maximum absolute atomic E-state index is 14.0. The molecule has 0 N–H and O–H groups in total. The summed E-state index contributed by atoms with van der Waals surface area (Å²) >= 11 is 0. The normalized spacial score (nSPS) is 12.2. The van der Waals surface area contributed by atoms with Crippen molar-refractivity contribution in [2.24, 2.45) is 0 Å². The van der Waals surface area contributed by atoms with Crippen LogP contribution in [0.3, 0.4) is 0 Å². The van der Waals surface area contributed by atoms with Gasteiger partial charge in [0, 0.05) is 5.69 Å². The highest BCUT2D eigenvalue weighted by molar-refractivity contribution is 5.48. The van der Waals surface area contributed by atoms with Gasteiger partial charge < -0.3 is 0 Å². The average molecular weight is 326 g/mol. The summed E-state index contributed by atoms with van der Waals surface area (Å²) < 4.78 is 16.0. The summed E-state index contributed by atoms with van der Waals surface area (Å²) in [6.07, 6.45) is 8.01. The van der Waals surface area contributed by atoms with Crippen LogP contribution < -0.4 is 0 Å². The standard InChI is InChI=1S/C21H27FN2/c1-6-7-8-9-10-18-15-20(16(2)3)24(23-18)19-13-11-17(12-14-19)21(4,5)22/h6,9-16H,1,7-8H2,2-5H3/b10-9+. The molecular weight excluding hydrogens is 299 g/mol. The summed E-state index contributed by atoms with van der Waals surface area (Å²) in [5.74, 6) is 0.352. The monoisotopic (exact) mass is 326 g/mol. The summed E-state index contributed by atoms with van der Waals surface area (Å²) in [5, 5.41) is 4.70. The van der Waals surface area contributed by atoms with E-state index in [-0.39, 0.29) is 0 Å². The first-order valence-corrected chi connectivity index (χ1v) is 8.50. The van der Waals surface area contributed by atoms with Crippen LogP contribution in [0.2, 0.25) is 0 Å². The summed E-state index contributed by atoms with van der Waals surface area (Å²) in [7, 11) is 0. The number of hydrogen-bond donors (Lipinski definition) is 0. The van der Waals surface area contributed by atoms with E-state index < -0.39 is 5.67 Å². The van der Waals surface area contributed by atoms with E-state index in [9.17, 15) is 4.39 Å². The number of allylic oxidation sites excluding steroid dienone is 2. The average Bonchev–Trinajstić information content (AvgIpc) is 2.95. The van der Waals surface area contributed by atoms with E-state index in [1.165, 1.54) is 0 Å². The lowest BCUT2D eigenvalue weighted by atomic mass is 10.00. The van der Waals surface area contributed by atoms with Gasteiger partial charge in [-0.2, -0.15) is 5.10 Å². The number of aromatic nitrogens is 2. The molecule has 0 fully saturated rings. The van der Waals surface area contributed by atoms with Crippen LogP contribution in [-0.2, 0) is 5.67 Å². The van der Waals surface area contributed by atoms with Crippen molar-refractivity contribution >= 4 is 6.08 Å². The van der Waals surface area contributed by atoms with Crippen LogP contribution in [0.5, 0.6) is 0 Å². The first-order valence-electron chi connectivity index (χ1n) is 8.50. The molecule has 128 valence electrons. The van der Waals surface area contributed by atoms with E-state index in [4.69, 9.17) is 5.10 Å². The lowest BCUT2D eigenvalue weighted by Gasteiger charge is -2.16. The minimum Gasteiger partial charge on any atom is -0.239 e. The number of benzene rings is 1. The molecule has 3 heteroatoms. The van der Waals surface area contributed by atoms with E-state index in [1.807, 2.05) is 41.1 Å². The quantitative estimate of drug-likeness (QED) is 0.439. The second kappa shape index (κ2) is 7.61. The van der Waals surface area contributed by atoms with Crippen molar-refractivity contribution in [1.29, 1.82) is 0 Å². The molecule has 1 heterocycles. The van der Waals surface area contributed by atoms with Gasteiger partial charge in [-0.15, -0.1) is 6.58 Å². The molecule has 0 aliphatic rings. The predicted molar refractivity (Wildman–Crippen MR) is 100 cm³/mol. The molecular formula is C21H27FN2. The van der Waals surface area contributed by atoms with E-state index in [0.29, 0.717) is 11.5 Å². The Bertz CT molecular complexity index is 700. The minimum absolute atomic E-state index is 0.352. The minimum atomic E-state index is -1.33. The summed E-state index contributed by atoms with van der Waals surface area (Å²) in [5.41, 5.74) is 2.39. The molecule has 0 saturated carbocycles. The highest BCUT2D eigenvalue weighted by Crippen LogP contribution is 2.27. The van der Waals surface area contributed by atoms with Crippen molar-refractivity contribution in [3.63, 3.8) is 0 Å². The first-order chi connectivity index (χ1) is 11.3. The van der Waals surface area contributed by atoms with Gasteiger partial charge in [-0.05, 0) is 62.4 Å². The maximum atomic E-state index is 14.0. The van der Waals surface area contributed by atoms with Crippen molar-refractivity contribution in [3.05, 3.63) is 66.0 Å². The van der Waals surface area contributed by atoms with Crippen molar-refractivity contribution in [2.45, 2.75) is 52.1 Å². The van der Waals surface area contributed by atoms with Gasteiger partial charge in [-0.25, -0.2) is 9.07 Å². The molecule has 0 atom stereocenters. The molecule has 0 spiro atoms. The van der Waals surface area contributed by atoms with Gasteiger partial charge in [0.15, 0.2) is 0 Å². The number of nitrogens with zero attached hydrogens (tertiary/aromatic N) is 2. The Labute approximate surface area is 144 Å². The zero-order chi connectivity index (χ0) is 17.7. The summed E-state index contributed by atoms with van der Waals surface area (Å²) in [6.45, 7) is 11.2. The Hall–Kier alpha value is -2.16. The zero-order valence-electron chi connectivity index (χ0n) is 15.1. The van der Waals surface area contributed by atoms with Gasteiger partial charge in [-0.3, -0.25) is 0 Å². The fraction of sp³-hybridized carbons (Fsp3) is 0.381. The molecule has 0 aliphatic carbocycles. The molecule has 0 saturated heterocycles. The molecule has 1 aromatic carbocycles. The lowest BCUT2D eigenvalue weighted by molar-refractivity contribution is 0.221. The molecule has 0 aliphatic heterocycles. The number of hydrogen-bond acceptors (Lipinski definition) is 1. The third-order valence-corrected chi connectivity index (χ3v) is 3.97. The summed E-state index contributed by atoms with van der Waals surface area (Å²) in [6, 6.07) is 9.64. The third kappa shape index (κ3) is 4.44. The van der Waals surface area contributed by atoms with Crippen molar-refractivity contribution < 1.29 is 4.39 Å². The number of halogens is 1. The lowest BCUT2D eigenvalue weighted by Crippen LogP contribution is -2.09. The Morgan fingerprint density at radius 2 is 1.88 bits per heavy atom. The van der Waals surface area contributed by atoms with Gasteiger partial charge in [-0.1, -0.05) is 38.1 Å². The first kappa shape index (κ1) is 18.2. The molecule has 0 unspecified atom stereocenters. The van der Waals surface area contributed by atoms with Gasteiger partial charge in [0.25, 0.3) is 0 Å². The van der Waals surface area contributed by atoms with Gasteiger partial charge >= 0.3 is 0 Å². The van der Waals surface area contributed by atoms with Crippen LogP contribution in [0.15, 0.2) is 49.1 Å². The van der Waals surface area contributed by atoms with Gasteiger partial charge in [0.1, 0.15) is 5.67 Å². The molecule has 24 heavy (non-hydrogen) atoms. The third-order valence-electron chi connectivity index (χ3n) is 3.97. The van der Waals surface area contributed by atoms with Crippen molar-refractivity contribution in [3.8, 4) is 5.69 Å². The second-order valence-electron chi connectivity index (χ2n) is 6.85. The molecule has 0 amide bonds. The van der Waals surface area contributed by atoms with Gasteiger partial charge in [0.2, 0.25) is 0 Å². The van der Waals surface area contributed by atoms with E-state index >= 15 is 0 Å². The number of alkyl halides is 1. The largest absolute Gasteiger partial charge is 0.239 e. The van der Waals surface area contributed by atoms with E-state index in [1.54, 1.807) is 13.8 Å². The molecule has 2 aromatic rings. The topological polar surface area (TPSA) is 17.8 Å². The number of rotatable bonds is 7. The molecule has 1 aromatic heterocycles. The van der Waals surface area contributed by atoms with E-state index in [0.717, 1.165) is 29.9 Å². The van der Waals surface area contributed by atoms with Crippen LogP contribution >= 0.6 is 0 Å². The van der Waals surface area contributed by atoms with Crippen LogP contribution in [0.4, 0.5) is 4.39 Å². The maximum Gasteiger partial charge on any atom is 0.130 e. The van der Waals surface area contributed by atoms with Crippen LogP contribution in [0, 0.1) is 0 Å². The zero-order valence-corrected chi connectivity index (χ0v) is 15.1. The van der Waals surface area contributed by atoms with Crippen molar-refractivity contribution in [1.82, 2.24) is 9.78 Å². The Balaban J connectivity index is 2.33. The fourth-order valence-electron chi connectivity index (χ4n) is 2.53. The Kier molecular flexibility index (Phi) is 5.76. The molecule has 2 rings (SSSR count). The molecule has 0 radical (unpaired) electrons. The highest BCUT2D eigenvalue weighted by Gasteiger charge is 2.19. The Morgan fingerprint density at radius 3 is 2.42 bits per heavy atom. The fourth-order valence-corrected chi connectivity index (χ4v) is 2.53. The van der Waals surface area contributed by atoms with Crippen molar-refractivity contribution in [2.75, 3.05) is 0 Å². The second-order valence-corrected chi connectivity index (χ2v) is 6.85. The molecule has 2 nitrogen and oxygen atoms in total. The van der Waals surface area contributed by atoms with Crippen LogP contribution in [-0.4, -0.2) is 9.78 Å². The number of unbranched alkanes of at least 4 members (excludes halogenated alkanes) is 1. The van der Waals surface area contributed by atoms with E-state index in [2.05, 4.69) is 32.6 Å². The molecule has 0 bridgehead atoms. The van der Waals surface area contributed by atoms with Crippen LogP contribution in [0.25, 0.3) is 11.8 Å². The predicted octanol–water partition coefficient (Wildman–Crippen LogP) is 6.18. The summed E-state index contributed by atoms with van der Waals surface area (Å²) in [4.78, 5) is 0. The van der Waals surface area contributed by atoms with Gasteiger partial charge in [0.05, 0.1) is 11.4 Å². The SMILES string of the molecule is C=CCC/C=C/c1cc(C(C)C)n(-c2ccc(C(C)(C)F)cc2)n1. The highest BCUT2D eigenvalue weighted by atomic mass is 19.1. The van der Waals surface area contributed by atoms with Crippen LogP contribution in [0.1, 0.15) is 63.4 Å². The smallest absolute Gasteiger partial charge is 0.130 e. The Morgan fingerprint density at radius 1 is 1.21 bits per heavy atom.